The highest BCUT2D eigenvalue weighted by Crippen LogP contribution is 2.22. The summed E-state index contributed by atoms with van der Waals surface area (Å²) in [5.41, 5.74) is 4.44. The second-order valence-electron chi connectivity index (χ2n) is 5.54. The first-order valence-electron chi connectivity index (χ1n) is 6.44. The average molecular weight is 286 g/mol. The molecule has 104 valence electrons. The first kappa shape index (κ1) is 14.5. The fraction of sp³-hybridized carbons (Fsp3) is 0.250. The van der Waals surface area contributed by atoms with Crippen molar-refractivity contribution < 1.29 is 4.79 Å². The molecular formula is C16H18N2OS. The molecule has 0 aliphatic heterocycles. The number of hydrazone groups is 1. The fourth-order valence-electron chi connectivity index (χ4n) is 1.71. The smallest absolute Gasteiger partial charge is 0.267 e. The van der Waals surface area contributed by atoms with Gasteiger partial charge in [-0.1, -0.05) is 39.0 Å². The molecule has 1 aromatic carbocycles. The van der Waals surface area contributed by atoms with Gasteiger partial charge >= 0.3 is 0 Å². The Hall–Kier alpha value is -1.94. The molecule has 0 saturated heterocycles. The first-order valence-corrected chi connectivity index (χ1v) is 7.32. The highest BCUT2D eigenvalue weighted by atomic mass is 32.1. The molecule has 0 radical (unpaired) electrons. The van der Waals surface area contributed by atoms with Crippen LogP contribution in [-0.4, -0.2) is 12.1 Å². The molecule has 1 aromatic heterocycles. The van der Waals surface area contributed by atoms with Gasteiger partial charge in [0.15, 0.2) is 0 Å². The highest BCUT2D eigenvalue weighted by molar-refractivity contribution is 7.11. The summed E-state index contributed by atoms with van der Waals surface area (Å²) in [6.45, 7) is 6.44. The molecule has 2 aromatic rings. The van der Waals surface area contributed by atoms with Gasteiger partial charge in [0.25, 0.3) is 5.91 Å². The van der Waals surface area contributed by atoms with Crippen molar-refractivity contribution in [1.29, 1.82) is 0 Å². The molecule has 2 rings (SSSR count). The van der Waals surface area contributed by atoms with Crippen molar-refractivity contribution in [3.8, 4) is 0 Å². The number of amides is 1. The number of benzene rings is 1. The lowest BCUT2D eigenvalue weighted by molar-refractivity contribution is 0.0955. The zero-order valence-electron chi connectivity index (χ0n) is 11.9. The van der Waals surface area contributed by atoms with Gasteiger partial charge in [-0.2, -0.15) is 5.10 Å². The van der Waals surface area contributed by atoms with E-state index in [1.165, 1.54) is 5.56 Å². The molecule has 3 nitrogen and oxygen atoms in total. The van der Waals surface area contributed by atoms with Gasteiger partial charge in [-0.15, -0.1) is 11.3 Å². The maximum atomic E-state index is 11.9. The van der Waals surface area contributed by atoms with Crippen LogP contribution < -0.4 is 5.43 Å². The van der Waals surface area contributed by atoms with Crippen molar-refractivity contribution in [1.82, 2.24) is 5.43 Å². The normalized spacial score (nSPS) is 11.8. The van der Waals surface area contributed by atoms with E-state index in [4.69, 9.17) is 0 Å². The summed E-state index contributed by atoms with van der Waals surface area (Å²) in [7, 11) is 0. The molecule has 1 heterocycles. The number of hydrogen-bond donors (Lipinski definition) is 1. The SMILES string of the molecule is CC(C)(C)c1ccc(C(=O)N/N=C\c2cccs2)cc1. The molecule has 0 bridgehead atoms. The summed E-state index contributed by atoms with van der Waals surface area (Å²) in [6.07, 6.45) is 1.64. The lowest BCUT2D eigenvalue weighted by atomic mass is 9.87. The number of thiophene rings is 1. The maximum absolute atomic E-state index is 11.9. The standard InChI is InChI=1S/C16H18N2OS/c1-16(2,3)13-8-6-12(7-9-13)15(19)18-17-11-14-5-4-10-20-14/h4-11H,1-3H3,(H,18,19)/b17-11-. The Morgan fingerprint density at radius 1 is 1.20 bits per heavy atom. The van der Waals surface area contributed by atoms with Crippen LogP contribution in [0.15, 0.2) is 46.9 Å². The topological polar surface area (TPSA) is 41.5 Å². The Labute approximate surface area is 123 Å². The van der Waals surface area contributed by atoms with Gasteiger partial charge in [-0.25, -0.2) is 5.43 Å². The van der Waals surface area contributed by atoms with Crippen LogP contribution in [0, 0.1) is 0 Å². The summed E-state index contributed by atoms with van der Waals surface area (Å²) in [5.74, 6) is -0.196. The Bertz CT molecular complexity index is 592. The quantitative estimate of drug-likeness (QED) is 0.676. The van der Waals surface area contributed by atoms with Gasteiger partial charge in [-0.05, 0) is 34.6 Å². The lowest BCUT2D eigenvalue weighted by Crippen LogP contribution is -2.18. The van der Waals surface area contributed by atoms with E-state index < -0.39 is 0 Å². The lowest BCUT2D eigenvalue weighted by Gasteiger charge is -2.18. The van der Waals surface area contributed by atoms with Crippen molar-refractivity contribution in [2.75, 3.05) is 0 Å². The maximum Gasteiger partial charge on any atom is 0.271 e. The average Bonchev–Trinajstić information content (AvgIpc) is 2.91. The number of hydrogen-bond acceptors (Lipinski definition) is 3. The summed E-state index contributed by atoms with van der Waals surface area (Å²) in [5, 5.41) is 5.91. The predicted octanol–water partition coefficient (Wildman–Crippen LogP) is 3.81. The van der Waals surface area contributed by atoms with E-state index in [1.807, 2.05) is 41.8 Å². The van der Waals surface area contributed by atoms with Gasteiger partial charge in [0.2, 0.25) is 0 Å². The third kappa shape index (κ3) is 3.78. The van der Waals surface area contributed by atoms with Crippen LogP contribution in [0.1, 0.15) is 41.6 Å². The molecule has 20 heavy (non-hydrogen) atoms. The second kappa shape index (κ2) is 6.01. The van der Waals surface area contributed by atoms with Crippen LogP contribution in [0.2, 0.25) is 0 Å². The van der Waals surface area contributed by atoms with Gasteiger partial charge in [-0.3, -0.25) is 4.79 Å². The third-order valence-electron chi connectivity index (χ3n) is 2.91. The minimum Gasteiger partial charge on any atom is -0.267 e. The van der Waals surface area contributed by atoms with E-state index >= 15 is 0 Å². The van der Waals surface area contributed by atoms with Crippen LogP contribution in [0.4, 0.5) is 0 Å². The van der Waals surface area contributed by atoms with Gasteiger partial charge in [0.05, 0.1) is 6.21 Å². The van der Waals surface area contributed by atoms with Crippen molar-refractivity contribution in [3.63, 3.8) is 0 Å². The Balaban J connectivity index is 1.99. The Morgan fingerprint density at radius 2 is 1.90 bits per heavy atom. The number of nitrogens with one attached hydrogen (secondary N) is 1. The third-order valence-corrected chi connectivity index (χ3v) is 3.72. The minimum absolute atomic E-state index is 0.0896. The summed E-state index contributed by atoms with van der Waals surface area (Å²) < 4.78 is 0. The van der Waals surface area contributed by atoms with E-state index in [9.17, 15) is 4.79 Å². The van der Waals surface area contributed by atoms with E-state index in [1.54, 1.807) is 17.6 Å². The molecule has 0 unspecified atom stereocenters. The first-order chi connectivity index (χ1) is 9.47. The van der Waals surface area contributed by atoms with Gasteiger partial charge in [0, 0.05) is 10.4 Å². The molecular weight excluding hydrogens is 268 g/mol. The van der Waals surface area contributed by atoms with E-state index in [2.05, 4.69) is 31.3 Å². The predicted molar refractivity (Wildman–Crippen MR) is 84.5 cm³/mol. The summed E-state index contributed by atoms with van der Waals surface area (Å²) in [4.78, 5) is 12.9. The molecule has 0 atom stereocenters. The largest absolute Gasteiger partial charge is 0.271 e. The van der Waals surface area contributed by atoms with E-state index in [0.717, 1.165) is 4.88 Å². The zero-order chi connectivity index (χ0) is 14.6. The van der Waals surface area contributed by atoms with Crippen LogP contribution in [0.3, 0.4) is 0 Å². The number of rotatable bonds is 3. The van der Waals surface area contributed by atoms with E-state index in [0.29, 0.717) is 5.56 Å². The van der Waals surface area contributed by atoms with Crippen LogP contribution in [-0.2, 0) is 5.41 Å². The van der Waals surface area contributed by atoms with Crippen LogP contribution in [0.5, 0.6) is 0 Å². The van der Waals surface area contributed by atoms with Crippen molar-refractivity contribution in [3.05, 3.63) is 57.8 Å². The Kier molecular flexibility index (Phi) is 4.35. The second-order valence-corrected chi connectivity index (χ2v) is 6.52. The minimum atomic E-state index is -0.196. The number of carbonyl (C=O) groups is 1. The number of nitrogens with zero attached hydrogens (tertiary/aromatic N) is 1. The monoisotopic (exact) mass is 286 g/mol. The number of carbonyl (C=O) groups excluding carboxylic acids is 1. The van der Waals surface area contributed by atoms with Crippen LogP contribution >= 0.6 is 11.3 Å². The molecule has 1 N–H and O–H groups in total. The molecule has 0 aliphatic carbocycles. The van der Waals surface area contributed by atoms with Crippen molar-refractivity contribution in [2.24, 2.45) is 5.10 Å². The molecule has 0 fully saturated rings. The van der Waals surface area contributed by atoms with Crippen molar-refractivity contribution in [2.45, 2.75) is 26.2 Å². The van der Waals surface area contributed by atoms with Crippen molar-refractivity contribution >= 4 is 23.5 Å². The summed E-state index contributed by atoms with van der Waals surface area (Å²) >= 11 is 1.57. The van der Waals surface area contributed by atoms with Gasteiger partial charge in [0.1, 0.15) is 0 Å². The van der Waals surface area contributed by atoms with E-state index in [-0.39, 0.29) is 11.3 Å². The molecule has 1 amide bonds. The van der Waals surface area contributed by atoms with Crippen LogP contribution in [0.25, 0.3) is 0 Å². The molecule has 0 spiro atoms. The Morgan fingerprint density at radius 3 is 2.45 bits per heavy atom. The molecule has 0 aliphatic rings. The highest BCUT2D eigenvalue weighted by Gasteiger charge is 2.13. The molecule has 0 saturated carbocycles. The zero-order valence-corrected chi connectivity index (χ0v) is 12.7. The fourth-order valence-corrected chi connectivity index (χ4v) is 2.29. The molecule has 4 heteroatoms. The van der Waals surface area contributed by atoms with Gasteiger partial charge < -0.3 is 0 Å². The summed E-state index contributed by atoms with van der Waals surface area (Å²) in [6, 6.07) is 11.5.